The second kappa shape index (κ2) is 9.87. The molecule has 5 nitrogen and oxygen atoms in total. The molecule has 2 N–H and O–H groups in total. The number of aryl methyl sites for hydroxylation is 1. The Labute approximate surface area is 138 Å². The smallest absolute Gasteiger partial charge is 0.308 e. The first kappa shape index (κ1) is 19.0. The SMILES string of the molecule is Cc1cccc(OCCCC(=O)NCC(CC(C)C)C(=O)O)c1. The summed E-state index contributed by atoms with van der Waals surface area (Å²) in [5.74, 6) is -0.430. The summed E-state index contributed by atoms with van der Waals surface area (Å²) in [7, 11) is 0. The fraction of sp³-hybridized carbons (Fsp3) is 0.556. The monoisotopic (exact) mass is 321 g/mol. The maximum absolute atomic E-state index is 11.8. The Balaban J connectivity index is 2.22. The van der Waals surface area contributed by atoms with E-state index in [1.54, 1.807) is 0 Å². The van der Waals surface area contributed by atoms with E-state index < -0.39 is 11.9 Å². The summed E-state index contributed by atoms with van der Waals surface area (Å²) in [6.07, 6.45) is 1.49. The number of carbonyl (C=O) groups is 2. The summed E-state index contributed by atoms with van der Waals surface area (Å²) in [5, 5.41) is 11.8. The third-order valence-electron chi connectivity index (χ3n) is 3.46. The normalized spacial score (nSPS) is 12.0. The fourth-order valence-corrected chi connectivity index (χ4v) is 2.29. The highest BCUT2D eigenvalue weighted by atomic mass is 16.5. The van der Waals surface area contributed by atoms with E-state index in [4.69, 9.17) is 9.84 Å². The Morgan fingerprint density at radius 2 is 2.04 bits per heavy atom. The molecule has 128 valence electrons. The van der Waals surface area contributed by atoms with Gasteiger partial charge in [-0.2, -0.15) is 0 Å². The van der Waals surface area contributed by atoms with E-state index in [2.05, 4.69) is 5.32 Å². The zero-order valence-corrected chi connectivity index (χ0v) is 14.2. The molecule has 1 atom stereocenters. The number of ether oxygens (including phenoxy) is 1. The van der Waals surface area contributed by atoms with Crippen LogP contribution < -0.4 is 10.1 Å². The molecule has 0 aliphatic rings. The molecule has 5 heteroatoms. The number of carboxylic acids is 1. The molecule has 0 bridgehead atoms. The Kier molecular flexibility index (Phi) is 8.16. The molecule has 0 saturated heterocycles. The van der Waals surface area contributed by atoms with Crippen LogP contribution in [0.2, 0.25) is 0 Å². The van der Waals surface area contributed by atoms with E-state index in [-0.39, 0.29) is 18.4 Å². The van der Waals surface area contributed by atoms with Crippen molar-refractivity contribution >= 4 is 11.9 Å². The number of carboxylic acid groups (broad SMARTS) is 1. The molecule has 23 heavy (non-hydrogen) atoms. The third kappa shape index (κ3) is 8.24. The number of hydrogen-bond donors (Lipinski definition) is 2. The molecule has 0 fully saturated rings. The van der Waals surface area contributed by atoms with Crippen molar-refractivity contribution in [3.63, 3.8) is 0 Å². The van der Waals surface area contributed by atoms with Gasteiger partial charge in [0.2, 0.25) is 5.91 Å². The van der Waals surface area contributed by atoms with E-state index >= 15 is 0 Å². The lowest BCUT2D eigenvalue weighted by atomic mass is 9.97. The van der Waals surface area contributed by atoms with Crippen molar-refractivity contribution in [1.82, 2.24) is 5.32 Å². The number of hydrogen-bond acceptors (Lipinski definition) is 3. The van der Waals surface area contributed by atoms with Gasteiger partial charge in [0.25, 0.3) is 0 Å². The first-order chi connectivity index (χ1) is 10.9. The Hall–Kier alpha value is -2.04. The van der Waals surface area contributed by atoms with Gasteiger partial charge in [0.15, 0.2) is 0 Å². The molecular weight excluding hydrogens is 294 g/mol. The van der Waals surface area contributed by atoms with Gasteiger partial charge >= 0.3 is 5.97 Å². The molecule has 0 spiro atoms. The Morgan fingerprint density at radius 1 is 1.30 bits per heavy atom. The lowest BCUT2D eigenvalue weighted by Crippen LogP contribution is -2.33. The molecule has 0 radical (unpaired) electrons. The second-order valence-corrected chi connectivity index (χ2v) is 6.24. The van der Waals surface area contributed by atoms with Gasteiger partial charge < -0.3 is 15.2 Å². The van der Waals surface area contributed by atoms with Gasteiger partial charge in [-0.25, -0.2) is 0 Å². The van der Waals surface area contributed by atoms with Crippen molar-refractivity contribution in [2.75, 3.05) is 13.2 Å². The first-order valence-electron chi connectivity index (χ1n) is 8.07. The van der Waals surface area contributed by atoms with E-state index in [9.17, 15) is 9.59 Å². The number of amides is 1. The van der Waals surface area contributed by atoms with Crippen LogP contribution in [0.5, 0.6) is 5.75 Å². The van der Waals surface area contributed by atoms with Crippen LogP contribution in [0.1, 0.15) is 38.7 Å². The number of benzene rings is 1. The number of nitrogens with one attached hydrogen (secondary N) is 1. The molecule has 1 unspecified atom stereocenters. The maximum atomic E-state index is 11.8. The lowest BCUT2D eigenvalue weighted by molar-refractivity contribution is -0.142. The van der Waals surface area contributed by atoms with Crippen molar-refractivity contribution in [2.45, 2.75) is 40.0 Å². The maximum Gasteiger partial charge on any atom is 0.308 e. The summed E-state index contributed by atoms with van der Waals surface area (Å²) in [6, 6.07) is 7.76. The average Bonchev–Trinajstić information content (AvgIpc) is 2.47. The van der Waals surface area contributed by atoms with Gasteiger partial charge in [-0.15, -0.1) is 0 Å². The third-order valence-corrected chi connectivity index (χ3v) is 3.46. The topological polar surface area (TPSA) is 75.6 Å². The van der Waals surface area contributed by atoms with Gasteiger partial charge in [-0.3, -0.25) is 9.59 Å². The summed E-state index contributed by atoms with van der Waals surface area (Å²) in [6.45, 7) is 6.59. The average molecular weight is 321 g/mol. The van der Waals surface area contributed by atoms with Crippen molar-refractivity contribution in [3.8, 4) is 5.75 Å². The minimum Gasteiger partial charge on any atom is -0.494 e. The predicted molar refractivity (Wildman–Crippen MR) is 89.5 cm³/mol. The molecule has 0 aliphatic carbocycles. The van der Waals surface area contributed by atoms with Crippen LogP contribution >= 0.6 is 0 Å². The zero-order valence-electron chi connectivity index (χ0n) is 14.2. The van der Waals surface area contributed by atoms with Crippen molar-refractivity contribution < 1.29 is 19.4 Å². The lowest BCUT2D eigenvalue weighted by Gasteiger charge is -2.15. The summed E-state index contributed by atoms with van der Waals surface area (Å²) >= 11 is 0. The van der Waals surface area contributed by atoms with Crippen LogP contribution in [0.25, 0.3) is 0 Å². The van der Waals surface area contributed by atoms with E-state index in [0.717, 1.165) is 11.3 Å². The number of aliphatic carboxylic acids is 1. The van der Waals surface area contributed by atoms with Gasteiger partial charge in [-0.1, -0.05) is 26.0 Å². The molecule has 0 heterocycles. The molecule has 1 amide bonds. The second-order valence-electron chi connectivity index (χ2n) is 6.24. The molecular formula is C18H27NO4. The summed E-state index contributed by atoms with van der Waals surface area (Å²) in [5.41, 5.74) is 1.13. The summed E-state index contributed by atoms with van der Waals surface area (Å²) in [4.78, 5) is 22.9. The predicted octanol–water partition coefficient (Wildman–Crippen LogP) is 3.02. The Morgan fingerprint density at radius 3 is 2.65 bits per heavy atom. The fourth-order valence-electron chi connectivity index (χ4n) is 2.29. The number of rotatable bonds is 10. The highest BCUT2D eigenvalue weighted by Crippen LogP contribution is 2.13. The molecule has 0 aliphatic heterocycles. The first-order valence-corrected chi connectivity index (χ1v) is 8.07. The van der Waals surface area contributed by atoms with Gasteiger partial charge in [0.05, 0.1) is 12.5 Å². The molecule has 1 aromatic carbocycles. The molecule has 0 saturated carbocycles. The molecule has 1 aromatic rings. The van der Waals surface area contributed by atoms with Crippen molar-refractivity contribution in [1.29, 1.82) is 0 Å². The van der Waals surface area contributed by atoms with E-state index in [0.29, 0.717) is 25.9 Å². The van der Waals surface area contributed by atoms with Crippen LogP contribution in [0.4, 0.5) is 0 Å². The largest absolute Gasteiger partial charge is 0.494 e. The quantitative estimate of drug-likeness (QED) is 0.650. The highest BCUT2D eigenvalue weighted by Gasteiger charge is 2.19. The highest BCUT2D eigenvalue weighted by molar-refractivity contribution is 5.77. The zero-order chi connectivity index (χ0) is 17.2. The number of carbonyl (C=O) groups excluding carboxylic acids is 1. The van der Waals surface area contributed by atoms with Crippen LogP contribution in [-0.4, -0.2) is 30.1 Å². The molecule has 0 aromatic heterocycles. The van der Waals surface area contributed by atoms with E-state index in [1.807, 2.05) is 45.0 Å². The Bertz CT molecular complexity index is 513. The standard InChI is InChI=1S/C18H27NO4/c1-13(2)10-15(18(21)22)12-19-17(20)8-5-9-23-16-7-4-6-14(3)11-16/h4,6-7,11,13,15H,5,8-10,12H2,1-3H3,(H,19,20)(H,21,22). The van der Waals surface area contributed by atoms with Gasteiger partial charge in [0, 0.05) is 13.0 Å². The van der Waals surface area contributed by atoms with Crippen LogP contribution in [-0.2, 0) is 9.59 Å². The van der Waals surface area contributed by atoms with Crippen LogP contribution in [0.15, 0.2) is 24.3 Å². The summed E-state index contributed by atoms with van der Waals surface area (Å²) < 4.78 is 5.58. The van der Waals surface area contributed by atoms with Crippen molar-refractivity contribution in [3.05, 3.63) is 29.8 Å². The van der Waals surface area contributed by atoms with E-state index in [1.165, 1.54) is 0 Å². The van der Waals surface area contributed by atoms with Gasteiger partial charge in [0.1, 0.15) is 5.75 Å². The van der Waals surface area contributed by atoms with Gasteiger partial charge in [-0.05, 0) is 43.4 Å². The van der Waals surface area contributed by atoms with Crippen LogP contribution in [0, 0.1) is 18.8 Å². The van der Waals surface area contributed by atoms with Crippen molar-refractivity contribution in [2.24, 2.45) is 11.8 Å². The van der Waals surface area contributed by atoms with Crippen LogP contribution in [0.3, 0.4) is 0 Å². The minimum absolute atomic E-state index is 0.132. The minimum atomic E-state index is -0.859. The molecule has 1 rings (SSSR count).